The van der Waals surface area contributed by atoms with Gasteiger partial charge in [-0.15, -0.1) is 0 Å². The summed E-state index contributed by atoms with van der Waals surface area (Å²) in [6, 6.07) is 0. The highest BCUT2D eigenvalue weighted by Gasteiger charge is 2.24. The second-order valence-corrected chi connectivity index (χ2v) is 10.2. The first-order chi connectivity index (χ1) is 14.9. The van der Waals surface area contributed by atoms with Crippen molar-refractivity contribution in [3.05, 3.63) is 0 Å². The van der Waals surface area contributed by atoms with Crippen LogP contribution in [0.15, 0.2) is 0 Å². The van der Waals surface area contributed by atoms with Gasteiger partial charge >= 0.3 is 0 Å². The summed E-state index contributed by atoms with van der Waals surface area (Å²) in [6.45, 7) is 7.73. The smallest absolute Gasteiger partial charge is 0.100 e. The maximum Gasteiger partial charge on any atom is 0.100 e. The Morgan fingerprint density at radius 2 is 1.13 bits per heavy atom. The molecule has 0 aliphatic rings. The lowest BCUT2D eigenvalue weighted by atomic mass is 9.94. The summed E-state index contributed by atoms with van der Waals surface area (Å²) >= 11 is 0. The molecule has 5 nitrogen and oxygen atoms in total. The standard InChI is InChI=1S/C26H54O5/c1-24(2)17-15-13-11-9-7-5-4-6-8-10-12-14-16-18-30-22-26(3,21-28)23-31-20-25(29)19-27/h24-25,27-29H,4-23H2,1-3H3. The summed E-state index contributed by atoms with van der Waals surface area (Å²) in [4.78, 5) is 0. The van der Waals surface area contributed by atoms with E-state index in [0.717, 1.165) is 12.3 Å². The number of hydrogen-bond donors (Lipinski definition) is 3. The van der Waals surface area contributed by atoms with Crippen molar-refractivity contribution in [3.63, 3.8) is 0 Å². The lowest BCUT2D eigenvalue weighted by Crippen LogP contribution is -2.34. The third-order valence-electron chi connectivity index (χ3n) is 5.87. The Kier molecular flexibility index (Phi) is 21.5. The van der Waals surface area contributed by atoms with Crippen LogP contribution in [0, 0.1) is 11.3 Å². The van der Waals surface area contributed by atoms with E-state index in [9.17, 15) is 10.2 Å². The molecule has 0 aromatic rings. The van der Waals surface area contributed by atoms with Crippen molar-refractivity contribution >= 4 is 0 Å². The van der Waals surface area contributed by atoms with Gasteiger partial charge in [0, 0.05) is 12.0 Å². The van der Waals surface area contributed by atoms with Gasteiger partial charge in [-0.2, -0.15) is 0 Å². The SMILES string of the molecule is CC(C)CCCCCCCCCCCCCCCOCC(C)(CO)COCC(O)CO. The molecule has 0 aliphatic carbocycles. The molecule has 0 bridgehead atoms. The van der Waals surface area contributed by atoms with E-state index in [2.05, 4.69) is 13.8 Å². The van der Waals surface area contributed by atoms with E-state index in [4.69, 9.17) is 14.6 Å². The fraction of sp³-hybridized carbons (Fsp3) is 1.00. The number of aliphatic hydroxyl groups is 3. The first-order valence-corrected chi connectivity index (χ1v) is 13.0. The van der Waals surface area contributed by atoms with Crippen molar-refractivity contribution in [2.75, 3.05) is 39.6 Å². The van der Waals surface area contributed by atoms with E-state index < -0.39 is 11.5 Å². The van der Waals surface area contributed by atoms with Gasteiger partial charge in [0.25, 0.3) is 0 Å². The molecule has 0 spiro atoms. The van der Waals surface area contributed by atoms with Gasteiger partial charge in [-0.05, 0) is 12.3 Å². The van der Waals surface area contributed by atoms with Gasteiger partial charge in [0.2, 0.25) is 0 Å². The molecule has 5 heteroatoms. The van der Waals surface area contributed by atoms with Crippen LogP contribution in [0.2, 0.25) is 0 Å². The molecule has 3 N–H and O–H groups in total. The Bertz CT molecular complexity index is 364. The second kappa shape index (κ2) is 21.6. The third kappa shape index (κ3) is 21.4. The summed E-state index contributed by atoms with van der Waals surface area (Å²) in [5.41, 5.74) is -0.469. The second-order valence-electron chi connectivity index (χ2n) is 10.2. The summed E-state index contributed by atoms with van der Waals surface area (Å²) in [5, 5.41) is 27.7. The van der Waals surface area contributed by atoms with Crippen LogP contribution in [0.1, 0.15) is 111 Å². The highest BCUT2D eigenvalue weighted by atomic mass is 16.5. The predicted molar refractivity (Wildman–Crippen MR) is 129 cm³/mol. The van der Waals surface area contributed by atoms with Gasteiger partial charge in [0.05, 0.1) is 33.0 Å². The van der Waals surface area contributed by atoms with Gasteiger partial charge in [-0.3, -0.25) is 0 Å². The molecular weight excluding hydrogens is 392 g/mol. The normalized spacial score (nSPS) is 14.8. The van der Waals surface area contributed by atoms with E-state index >= 15 is 0 Å². The molecule has 31 heavy (non-hydrogen) atoms. The Labute approximate surface area is 192 Å². The van der Waals surface area contributed by atoms with Gasteiger partial charge in [0.15, 0.2) is 0 Å². The van der Waals surface area contributed by atoms with Crippen molar-refractivity contribution in [2.24, 2.45) is 11.3 Å². The van der Waals surface area contributed by atoms with Crippen LogP contribution < -0.4 is 0 Å². The molecule has 0 fully saturated rings. The van der Waals surface area contributed by atoms with Gasteiger partial charge in [-0.25, -0.2) is 0 Å². The third-order valence-corrected chi connectivity index (χ3v) is 5.87. The highest BCUT2D eigenvalue weighted by Crippen LogP contribution is 2.18. The molecule has 0 saturated heterocycles. The zero-order chi connectivity index (χ0) is 23.2. The molecule has 2 atom stereocenters. The minimum Gasteiger partial charge on any atom is -0.396 e. The zero-order valence-corrected chi connectivity index (χ0v) is 21.0. The van der Waals surface area contributed by atoms with E-state index in [1.165, 1.54) is 83.5 Å². The van der Waals surface area contributed by atoms with Crippen molar-refractivity contribution in [2.45, 2.75) is 117 Å². The fourth-order valence-corrected chi connectivity index (χ4v) is 3.65. The minimum atomic E-state index is -0.867. The van der Waals surface area contributed by atoms with Crippen LogP contribution in [0.25, 0.3) is 0 Å². The largest absolute Gasteiger partial charge is 0.396 e. The molecule has 0 rings (SSSR count). The Morgan fingerprint density at radius 1 is 0.677 bits per heavy atom. The molecule has 0 heterocycles. The van der Waals surface area contributed by atoms with Crippen LogP contribution in [0.4, 0.5) is 0 Å². The van der Waals surface area contributed by atoms with Crippen molar-refractivity contribution in [1.29, 1.82) is 0 Å². The Hall–Kier alpha value is -0.200. The predicted octanol–water partition coefficient (Wildman–Crippen LogP) is 5.49. The van der Waals surface area contributed by atoms with Crippen molar-refractivity contribution in [1.82, 2.24) is 0 Å². The lowest BCUT2D eigenvalue weighted by molar-refractivity contribution is -0.0649. The van der Waals surface area contributed by atoms with Crippen LogP contribution in [0.3, 0.4) is 0 Å². The number of rotatable bonds is 24. The number of ether oxygens (including phenoxy) is 2. The van der Waals surface area contributed by atoms with Gasteiger partial charge in [0.1, 0.15) is 6.10 Å². The van der Waals surface area contributed by atoms with Crippen LogP contribution in [-0.4, -0.2) is 61.1 Å². The molecule has 0 aromatic carbocycles. The number of unbranched alkanes of at least 4 members (excludes halogenated alkanes) is 12. The van der Waals surface area contributed by atoms with E-state index in [1.807, 2.05) is 6.92 Å². The number of aliphatic hydroxyl groups excluding tert-OH is 3. The molecule has 2 unspecified atom stereocenters. The fourth-order valence-electron chi connectivity index (χ4n) is 3.65. The van der Waals surface area contributed by atoms with Crippen molar-refractivity contribution in [3.8, 4) is 0 Å². The minimum absolute atomic E-state index is 0.0274. The van der Waals surface area contributed by atoms with E-state index in [-0.39, 0.29) is 19.8 Å². The first-order valence-electron chi connectivity index (χ1n) is 13.0. The summed E-state index contributed by atoms with van der Waals surface area (Å²) in [6.07, 6.45) is 18.0. The van der Waals surface area contributed by atoms with E-state index in [1.54, 1.807) is 0 Å². The molecule has 0 amide bonds. The molecule has 0 saturated carbocycles. The van der Waals surface area contributed by atoms with E-state index in [0.29, 0.717) is 19.8 Å². The molecule has 0 aromatic heterocycles. The maximum atomic E-state index is 9.58. The van der Waals surface area contributed by atoms with Crippen LogP contribution in [0.5, 0.6) is 0 Å². The monoisotopic (exact) mass is 446 g/mol. The topological polar surface area (TPSA) is 79.2 Å². The first kappa shape index (κ1) is 30.8. The quantitative estimate of drug-likeness (QED) is 0.171. The van der Waals surface area contributed by atoms with Gasteiger partial charge in [-0.1, -0.05) is 104 Å². The average Bonchev–Trinajstić information content (AvgIpc) is 2.75. The maximum absolute atomic E-state index is 9.58. The van der Waals surface area contributed by atoms with Crippen molar-refractivity contribution < 1.29 is 24.8 Å². The Balaban J connectivity index is 3.36. The summed E-state index contributed by atoms with van der Waals surface area (Å²) in [5.74, 6) is 0.861. The molecule has 188 valence electrons. The zero-order valence-electron chi connectivity index (χ0n) is 21.0. The average molecular weight is 447 g/mol. The summed E-state index contributed by atoms with van der Waals surface area (Å²) < 4.78 is 11.1. The van der Waals surface area contributed by atoms with Crippen LogP contribution in [-0.2, 0) is 9.47 Å². The molecule has 0 radical (unpaired) electrons. The molecule has 0 aliphatic heterocycles. The molecular formula is C26H54O5. The highest BCUT2D eigenvalue weighted by molar-refractivity contribution is 4.72. The van der Waals surface area contributed by atoms with Crippen LogP contribution >= 0.6 is 0 Å². The Morgan fingerprint density at radius 3 is 1.58 bits per heavy atom. The van der Waals surface area contributed by atoms with Gasteiger partial charge < -0.3 is 24.8 Å². The lowest BCUT2D eigenvalue weighted by Gasteiger charge is -2.27. The number of hydrogen-bond acceptors (Lipinski definition) is 5. The summed E-state index contributed by atoms with van der Waals surface area (Å²) in [7, 11) is 0.